The van der Waals surface area contributed by atoms with Gasteiger partial charge in [-0.15, -0.1) is 0 Å². The molecule has 0 aliphatic carbocycles. The van der Waals surface area contributed by atoms with E-state index < -0.39 is 5.97 Å². The van der Waals surface area contributed by atoms with Gasteiger partial charge in [0.1, 0.15) is 0 Å². The summed E-state index contributed by atoms with van der Waals surface area (Å²) in [6, 6.07) is 0. The van der Waals surface area contributed by atoms with Gasteiger partial charge < -0.3 is 14.7 Å². The number of carbonyl (C=O) groups is 1. The molecule has 2 rings (SSSR count). The Morgan fingerprint density at radius 2 is 2.06 bits per heavy atom. The van der Waals surface area contributed by atoms with Gasteiger partial charge in [0.25, 0.3) is 0 Å². The molecule has 0 saturated carbocycles. The van der Waals surface area contributed by atoms with Gasteiger partial charge >= 0.3 is 5.97 Å². The zero-order valence-electron chi connectivity index (χ0n) is 9.31. The van der Waals surface area contributed by atoms with E-state index in [0.717, 1.165) is 0 Å². The standard InChI is InChI=1S/C10H12ClN3O3/c1-6-7(11)8(9(15)16)13-10(12-6)14-2-4-17-5-3-14/h2-5H2,1H3,(H,15,16). The summed E-state index contributed by atoms with van der Waals surface area (Å²) in [6.45, 7) is 4.15. The van der Waals surface area contributed by atoms with Crippen molar-refractivity contribution in [1.82, 2.24) is 9.97 Å². The SMILES string of the molecule is Cc1nc(N2CCOCC2)nc(C(=O)O)c1Cl. The zero-order chi connectivity index (χ0) is 12.4. The topological polar surface area (TPSA) is 75.5 Å². The molecule has 1 aromatic heterocycles. The van der Waals surface area contributed by atoms with Crippen LogP contribution in [0.25, 0.3) is 0 Å². The number of rotatable bonds is 2. The van der Waals surface area contributed by atoms with E-state index >= 15 is 0 Å². The third kappa shape index (κ3) is 2.48. The summed E-state index contributed by atoms with van der Waals surface area (Å²) in [5.74, 6) is -0.748. The summed E-state index contributed by atoms with van der Waals surface area (Å²) in [5.41, 5.74) is 0.321. The summed E-state index contributed by atoms with van der Waals surface area (Å²) in [6.07, 6.45) is 0. The van der Waals surface area contributed by atoms with Gasteiger partial charge in [0, 0.05) is 13.1 Å². The normalized spacial score (nSPS) is 16.0. The van der Waals surface area contributed by atoms with Gasteiger partial charge in [0.05, 0.1) is 23.9 Å². The number of carboxylic acid groups (broad SMARTS) is 1. The van der Waals surface area contributed by atoms with Crippen molar-refractivity contribution in [1.29, 1.82) is 0 Å². The molecule has 1 aromatic rings. The number of carboxylic acids is 1. The molecule has 0 amide bonds. The van der Waals surface area contributed by atoms with Crippen LogP contribution < -0.4 is 4.90 Å². The number of hydrogen-bond donors (Lipinski definition) is 1. The molecule has 0 spiro atoms. The number of ether oxygens (including phenoxy) is 1. The van der Waals surface area contributed by atoms with Crippen LogP contribution in [0.2, 0.25) is 5.02 Å². The largest absolute Gasteiger partial charge is 0.476 e. The van der Waals surface area contributed by atoms with Crippen LogP contribution in [0.15, 0.2) is 0 Å². The van der Waals surface area contributed by atoms with Gasteiger partial charge in [-0.3, -0.25) is 0 Å². The molecule has 0 bridgehead atoms. The second kappa shape index (κ2) is 4.85. The number of nitrogens with zero attached hydrogens (tertiary/aromatic N) is 3. The van der Waals surface area contributed by atoms with Crippen molar-refractivity contribution in [2.24, 2.45) is 0 Å². The van der Waals surface area contributed by atoms with Gasteiger partial charge in [-0.2, -0.15) is 0 Å². The first-order chi connectivity index (χ1) is 8.09. The smallest absolute Gasteiger partial charge is 0.356 e. The van der Waals surface area contributed by atoms with Crippen molar-refractivity contribution in [2.75, 3.05) is 31.2 Å². The molecule has 7 heteroatoms. The minimum Gasteiger partial charge on any atom is -0.476 e. The molecule has 0 aromatic carbocycles. The summed E-state index contributed by atoms with van der Waals surface area (Å²) in [7, 11) is 0. The molecular weight excluding hydrogens is 246 g/mol. The first-order valence-electron chi connectivity index (χ1n) is 5.19. The highest BCUT2D eigenvalue weighted by molar-refractivity contribution is 6.33. The molecule has 0 radical (unpaired) electrons. The number of morpholine rings is 1. The molecule has 1 fully saturated rings. The van der Waals surface area contributed by atoms with Crippen LogP contribution in [0.5, 0.6) is 0 Å². The first-order valence-corrected chi connectivity index (χ1v) is 5.57. The zero-order valence-corrected chi connectivity index (χ0v) is 10.1. The van der Waals surface area contributed by atoms with Gasteiger partial charge in [0.15, 0.2) is 5.69 Å². The Hall–Kier alpha value is -1.40. The fourth-order valence-electron chi connectivity index (χ4n) is 1.59. The maximum absolute atomic E-state index is 11.0. The summed E-state index contributed by atoms with van der Waals surface area (Å²) in [5, 5.41) is 9.09. The molecule has 1 aliphatic rings. The number of halogens is 1. The lowest BCUT2D eigenvalue weighted by atomic mass is 10.3. The average molecular weight is 258 g/mol. The quantitative estimate of drug-likeness (QED) is 0.851. The van der Waals surface area contributed by atoms with Crippen LogP contribution in [0.3, 0.4) is 0 Å². The molecule has 1 saturated heterocycles. The highest BCUT2D eigenvalue weighted by atomic mass is 35.5. The summed E-state index contributed by atoms with van der Waals surface area (Å²) in [4.78, 5) is 21.1. The second-order valence-corrected chi connectivity index (χ2v) is 4.05. The number of aromatic nitrogens is 2. The number of aryl methyl sites for hydroxylation is 1. The lowest BCUT2D eigenvalue weighted by Crippen LogP contribution is -2.37. The molecule has 92 valence electrons. The number of anilines is 1. The van der Waals surface area contributed by atoms with Gasteiger partial charge in [-0.1, -0.05) is 11.6 Å². The minimum absolute atomic E-state index is 0.0921. The molecule has 17 heavy (non-hydrogen) atoms. The van der Waals surface area contributed by atoms with Gasteiger partial charge in [0.2, 0.25) is 5.95 Å². The third-order valence-corrected chi connectivity index (χ3v) is 2.95. The van der Waals surface area contributed by atoms with Crippen LogP contribution in [0, 0.1) is 6.92 Å². The predicted molar refractivity (Wildman–Crippen MR) is 61.8 cm³/mol. The van der Waals surface area contributed by atoms with Crippen molar-refractivity contribution < 1.29 is 14.6 Å². The maximum Gasteiger partial charge on any atom is 0.356 e. The van der Waals surface area contributed by atoms with Gasteiger partial charge in [-0.25, -0.2) is 14.8 Å². The predicted octanol–water partition coefficient (Wildman–Crippen LogP) is 0.973. The van der Waals surface area contributed by atoms with E-state index in [4.69, 9.17) is 21.4 Å². The molecular formula is C10H12ClN3O3. The van der Waals surface area contributed by atoms with Crippen molar-refractivity contribution >= 4 is 23.5 Å². The monoisotopic (exact) mass is 257 g/mol. The molecule has 1 aliphatic heterocycles. The fourth-order valence-corrected chi connectivity index (χ4v) is 1.76. The van der Waals surface area contributed by atoms with E-state index in [9.17, 15) is 4.79 Å². The Morgan fingerprint density at radius 1 is 1.41 bits per heavy atom. The van der Waals surface area contributed by atoms with Crippen LogP contribution in [0.1, 0.15) is 16.2 Å². The van der Waals surface area contributed by atoms with Crippen LogP contribution in [-0.2, 0) is 4.74 Å². The van der Waals surface area contributed by atoms with Crippen molar-refractivity contribution in [3.8, 4) is 0 Å². The third-order valence-electron chi connectivity index (χ3n) is 2.50. The molecule has 6 nitrogen and oxygen atoms in total. The Bertz CT molecular complexity index is 447. The number of hydrogen-bond acceptors (Lipinski definition) is 5. The Balaban J connectivity index is 2.37. The first kappa shape index (κ1) is 12.1. The lowest BCUT2D eigenvalue weighted by molar-refractivity contribution is 0.0690. The Kier molecular flexibility index (Phi) is 3.44. The van der Waals surface area contributed by atoms with Crippen LogP contribution >= 0.6 is 11.6 Å². The van der Waals surface area contributed by atoms with Crippen LogP contribution in [-0.4, -0.2) is 47.3 Å². The summed E-state index contributed by atoms with van der Waals surface area (Å²) >= 11 is 5.85. The minimum atomic E-state index is -1.14. The maximum atomic E-state index is 11.0. The molecule has 1 N–H and O–H groups in total. The van der Waals surface area contributed by atoms with E-state index in [0.29, 0.717) is 37.9 Å². The van der Waals surface area contributed by atoms with Crippen molar-refractivity contribution in [2.45, 2.75) is 6.92 Å². The Morgan fingerprint density at radius 3 is 2.65 bits per heavy atom. The van der Waals surface area contributed by atoms with Crippen molar-refractivity contribution in [3.63, 3.8) is 0 Å². The van der Waals surface area contributed by atoms with Crippen molar-refractivity contribution in [3.05, 3.63) is 16.4 Å². The van der Waals surface area contributed by atoms with E-state index in [1.807, 2.05) is 4.90 Å². The fraction of sp³-hybridized carbons (Fsp3) is 0.500. The summed E-state index contributed by atoms with van der Waals surface area (Å²) < 4.78 is 5.21. The average Bonchev–Trinajstić information content (AvgIpc) is 2.33. The van der Waals surface area contributed by atoms with Crippen LogP contribution in [0.4, 0.5) is 5.95 Å². The van der Waals surface area contributed by atoms with E-state index in [2.05, 4.69) is 9.97 Å². The molecule has 0 unspecified atom stereocenters. The molecule has 0 atom stereocenters. The highest BCUT2D eigenvalue weighted by Gasteiger charge is 2.20. The molecule has 2 heterocycles. The number of aromatic carboxylic acids is 1. The lowest BCUT2D eigenvalue weighted by Gasteiger charge is -2.27. The van der Waals surface area contributed by atoms with E-state index in [1.165, 1.54) is 0 Å². The highest BCUT2D eigenvalue weighted by Crippen LogP contribution is 2.21. The van der Waals surface area contributed by atoms with E-state index in [1.54, 1.807) is 6.92 Å². The van der Waals surface area contributed by atoms with Gasteiger partial charge in [-0.05, 0) is 6.92 Å². The second-order valence-electron chi connectivity index (χ2n) is 3.68. The Labute approximate surface area is 103 Å². The van der Waals surface area contributed by atoms with E-state index in [-0.39, 0.29) is 10.7 Å².